The van der Waals surface area contributed by atoms with Crippen molar-refractivity contribution in [3.63, 3.8) is 0 Å². The molecule has 26 heavy (non-hydrogen) atoms. The molecule has 6 nitrogen and oxygen atoms in total. The first kappa shape index (κ1) is 18.8. The fourth-order valence-corrected chi connectivity index (χ4v) is 4.49. The molecule has 1 aliphatic heterocycles. The minimum Gasteiger partial charge on any atom is -0.493 e. The molecule has 0 amide bonds. The van der Waals surface area contributed by atoms with E-state index in [1.807, 2.05) is 6.92 Å². The Morgan fingerprint density at radius 2 is 1.85 bits per heavy atom. The molecule has 0 atom stereocenters. The van der Waals surface area contributed by atoms with Gasteiger partial charge in [-0.05, 0) is 25.1 Å². The lowest BCUT2D eigenvalue weighted by Gasteiger charge is -2.33. The first-order valence-electron chi connectivity index (χ1n) is 8.34. The van der Waals surface area contributed by atoms with E-state index in [0.717, 1.165) is 37.4 Å². The van der Waals surface area contributed by atoms with Crippen molar-refractivity contribution in [3.8, 4) is 5.75 Å². The highest BCUT2D eigenvalue weighted by Gasteiger charge is 2.24. The largest absolute Gasteiger partial charge is 0.493 e. The Bertz CT molecular complexity index is 882. The average molecular weight is 396 g/mol. The van der Waals surface area contributed by atoms with Crippen LogP contribution in [0.25, 0.3) is 0 Å². The number of methoxy groups -OCH3 is 1. The second-order valence-electron chi connectivity index (χ2n) is 6.07. The highest BCUT2D eigenvalue weighted by molar-refractivity contribution is 7.92. The Labute approximate surface area is 159 Å². The van der Waals surface area contributed by atoms with Crippen LogP contribution < -0.4 is 19.7 Å². The summed E-state index contributed by atoms with van der Waals surface area (Å²) in [5, 5.41) is 3.68. The summed E-state index contributed by atoms with van der Waals surface area (Å²) < 4.78 is 33.6. The number of nitrogens with zero attached hydrogens (tertiary/aromatic N) is 1. The third kappa shape index (κ3) is 3.75. The van der Waals surface area contributed by atoms with Crippen LogP contribution in [0.4, 0.5) is 11.4 Å². The smallest absolute Gasteiger partial charge is 0.261 e. The number of hydrogen-bond acceptors (Lipinski definition) is 5. The Balaban J connectivity index is 2.04. The van der Waals surface area contributed by atoms with E-state index in [1.54, 1.807) is 43.5 Å². The van der Waals surface area contributed by atoms with Crippen molar-refractivity contribution in [3.05, 3.63) is 47.0 Å². The summed E-state index contributed by atoms with van der Waals surface area (Å²) in [6.45, 7) is 5.16. The second-order valence-corrected chi connectivity index (χ2v) is 8.16. The molecule has 0 unspecified atom stereocenters. The zero-order valence-corrected chi connectivity index (χ0v) is 16.3. The zero-order chi connectivity index (χ0) is 18.7. The van der Waals surface area contributed by atoms with Gasteiger partial charge in [0.15, 0.2) is 5.75 Å². The van der Waals surface area contributed by atoms with Gasteiger partial charge in [0.25, 0.3) is 10.0 Å². The van der Waals surface area contributed by atoms with Crippen LogP contribution in [0, 0.1) is 6.92 Å². The van der Waals surface area contributed by atoms with E-state index in [4.69, 9.17) is 16.3 Å². The second kappa shape index (κ2) is 7.73. The number of benzene rings is 2. The number of nitrogens with one attached hydrogen (secondary N) is 2. The van der Waals surface area contributed by atoms with Crippen LogP contribution in [-0.4, -0.2) is 41.7 Å². The molecular weight excluding hydrogens is 374 g/mol. The van der Waals surface area contributed by atoms with Crippen LogP contribution in [0.3, 0.4) is 0 Å². The molecule has 8 heteroatoms. The van der Waals surface area contributed by atoms with Gasteiger partial charge in [-0.15, -0.1) is 0 Å². The Morgan fingerprint density at radius 3 is 2.46 bits per heavy atom. The molecule has 1 saturated heterocycles. The molecule has 0 aromatic heterocycles. The van der Waals surface area contributed by atoms with Gasteiger partial charge < -0.3 is 15.0 Å². The van der Waals surface area contributed by atoms with Crippen molar-refractivity contribution in [1.82, 2.24) is 5.32 Å². The molecule has 0 spiro atoms. The average Bonchev–Trinajstić information content (AvgIpc) is 2.65. The molecule has 0 radical (unpaired) electrons. The topological polar surface area (TPSA) is 70.7 Å². The van der Waals surface area contributed by atoms with Gasteiger partial charge in [-0.2, -0.15) is 0 Å². The van der Waals surface area contributed by atoms with Crippen molar-refractivity contribution >= 4 is 33.0 Å². The maximum Gasteiger partial charge on any atom is 0.261 e. The number of halogens is 1. The van der Waals surface area contributed by atoms with Gasteiger partial charge >= 0.3 is 0 Å². The van der Waals surface area contributed by atoms with Crippen molar-refractivity contribution in [1.29, 1.82) is 0 Å². The van der Waals surface area contributed by atoms with Gasteiger partial charge in [0.05, 0.1) is 28.4 Å². The fraction of sp³-hybridized carbons (Fsp3) is 0.333. The lowest BCUT2D eigenvalue weighted by molar-refractivity contribution is 0.413. The van der Waals surface area contributed by atoms with E-state index in [9.17, 15) is 8.42 Å². The quantitative estimate of drug-likeness (QED) is 0.814. The summed E-state index contributed by atoms with van der Waals surface area (Å²) in [5.41, 5.74) is 2.06. The van der Waals surface area contributed by atoms with Crippen molar-refractivity contribution in [2.45, 2.75) is 11.8 Å². The molecule has 3 rings (SSSR count). The third-order valence-electron chi connectivity index (χ3n) is 4.40. The number of hydrogen-bond donors (Lipinski definition) is 2. The van der Waals surface area contributed by atoms with E-state index in [1.165, 1.54) is 0 Å². The van der Waals surface area contributed by atoms with Crippen LogP contribution in [0.1, 0.15) is 5.56 Å². The molecule has 1 aliphatic rings. The number of sulfonamides is 1. The molecule has 140 valence electrons. The first-order valence-corrected chi connectivity index (χ1v) is 10.2. The van der Waals surface area contributed by atoms with E-state index in [-0.39, 0.29) is 4.90 Å². The van der Waals surface area contributed by atoms with Gasteiger partial charge in [-0.25, -0.2) is 8.42 Å². The van der Waals surface area contributed by atoms with E-state index < -0.39 is 10.0 Å². The Kier molecular flexibility index (Phi) is 5.60. The lowest BCUT2D eigenvalue weighted by Crippen LogP contribution is -2.44. The van der Waals surface area contributed by atoms with Crippen LogP contribution in [-0.2, 0) is 10.0 Å². The summed E-state index contributed by atoms with van der Waals surface area (Å²) in [5.74, 6) is 0.564. The van der Waals surface area contributed by atoms with Gasteiger partial charge in [0, 0.05) is 31.7 Å². The van der Waals surface area contributed by atoms with Crippen LogP contribution in [0.15, 0.2) is 41.3 Å². The molecule has 2 aromatic carbocycles. The van der Waals surface area contributed by atoms with E-state index in [2.05, 4.69) is 14.9 Å². The third-order valence-corrected chi connectivity index (χ3v) is 6.06. The van der Waals surface area contributed by atoms with Crippen LogP contribution in [0.5, 0.6) is 5.75 Å². The van der Waals surface area contributed by atoms with Gasteiger partial charge in [0.2, 0.25) is 0 Å². The predicted octanol–water partition coefficient (Wildman–Crippen LogP) is 2.87. The highest BCUT2D eigenvalue weighted by atomic mass is 35.5. The lowest BCUT2D eigenvalue weighted by atomic mass is 10.1. The number of ether oxygens (including phenoxy) is 1. The molecule has 1 fully saturated rings. The van der Waals surface area contributed by atoms with Crippen LogP contribution in [0.2, 0.25) is 5.02 Å². The summed E-state index contributed by atoms with van der Waals surface area (Å²) in [7, 11) is -2.13. The zero-order valence-electron chi connectivity index (χ0n) is 14.8. The van der Waals surface area contributed by atoms with Crippen LogP contribution >= 0.6 is 11.6 Å². The highest BCUT2D eigenvalue weighted by Crippen LogP contribution is 2.43. The molecule has 1 heterocycles. The standard InChI is InChI=1S/C18H22ClN3O3S/c1-13-16(21-26(23,24)14-6-4-3-5-7-14)12-15(19)18(25-2)17(13)22-10-8-20-9-11-22/h3-7,12,20-21H,8-11H2,1-2H3. The summed E-state index contributed by atoms with van der Waals surface area (Å²) in [4.78, 5) is 2.37. The number of anilines is 2. The molecule has 2 N–H and O–H groups in total. The summed E-state index contributed by atoms with van der Waals surface area (Å²) in [6, 6.07) is 9.86. The van der Waals surface area contributed by atoms with Crippen molar-refractivity contribution < 1.29 is 13.2 Å². The predicted molar refractivity (Wildman–Crippen MR) is 105 cm³/mol. The maximum atomic E-state index is 12.7. The summed E-state index contributed by atoms with van der Waals surface area (Å²) in [6.07, 6.45) is 0. The SMILES string of the molecule is COc1c(Cl)cc(NS(=O)(=O)c2ccccc2)c(C)c1N1CCNCC1. The fourth-order valence-electron chi connectivity index (χ4n) is 3.08. The molecule has 0 bridgehead atoms. The number of rotatable bonds is 5. The van der Waals surface area contributed by atoms with Gasteiger partial charge in [-0.3, -0.25) is 4.72 Å². The van der Waals surface area contributed by atoms with E-state index >= 15 is 0 Å². The molecule has 2 aromatic rings. The monoisotopic (exact) mass is 395 g/mol. The van der Waals surface area contributed by atoms with Crippen molar-refractivity contribution in [2.75, 3.05) is 42.9 Å². The molecule has 0 aliphatic carbocycles. The Hall–Kier alpha value is -1.96. The summed E-state index contributed by atoms with van der Waals surface area (Å²) >= 11 is 6.40. The molecule has 0 saturated carbocycles. The van der Waals surface area contributed by atoms with Gasteiger partial charge in [-0.1, -0.05) is 29.8 Å². The normalized spacial score (nSPS) is 15.0. The maximum absolute atomic E-state index is 12.7. The van der Waals surface area contributed by atoms with Gasteiger partial charge in [0.1, 0.15) is 0 Å². The number of piperazine rings is 1. The minimum atomic E-state index is -3.70. The minimum absolute atomic E-state index is 0.204. The van der Waals surface area contributed by atoms with E-state index in [0.29, 0.717) is 16.5 Å². The first-order chi connectivity index (χ1) is 12.4. The Morgan fingerprint density at radius 1 is 1.19 bits per heavy atom. The van der Waals surface area contributed by atoms with Crippen molar-refractivity contribution in [2.24, 2.45) is 0 Å². The molecular formula is C18H22ClN3O3S.